The van der Waals surface area contributed by atoms with Gasteiger partial charge >= 0.3 is 0 Å². The normalized spacial score (nSPS) is 31.7. The van der Waals surface area contributed by atoms with Crippen molar-refractivity contribution in [2.24, 2.45) is 17.8 Å². The second-order valence-electron chi connectivity index (χ2n) is 9.11. The second kappa shape index (κ2) is 7.84. The number of nitrogens with zero attached hydrogens (tertiary/aromatic N) is 3. The van der Waals surface area contributed by atoms with Gasteiger partial charge in [0.1, 0.15) is 0 Å². The third-order valence-corrected chi connectivity index (χ3v) is 7.57. The summed E-state index contributed by atoms with van der Waals surface area (Å²) in [5.41, 5.74) is 2.57. The van der Waals surface area contributed by atoms with Gasteiger partial charge in [-0.3, -0.25) is 0 Å². The highest BCUT2D eigenvalue weighted by Gasteiger charge is 2.41. The molecule has 0 unspecified atom stereocenters. The first-order chi connectivity index (χ1) is 13.3. The molecule has 0 aromatic carbocycles. The average molecular weight is 391 g/mol. The van der Waals surface area contributed by atoms with Crippen LogP contribution in [0.2, 0.25) is 5.15 Å². The topological polar surface area (TPSA) is 50.3 Å². The molecule has 3 atom stereocenters. The Balaban J connectivity index is 1.18. The molecule has 0 amide bonds. The van der Waals surface area contributed by atoms with E-state index in [1.165, 1.54) is 69.3 Å². The molecule has 0 bridgehead atoms. The molecule has 0 radical (unpaired) electrons. The van der Waals surface area contributed by atoms with Crippen molar-refractivity contribution < 1.29 is 4.74 Å². The van der Waals surface area contributed by atoms with Crippen molar-refractivity contribution in [1.29, 1.82) is 0 Å². The molecule has 3 fully saturated rings. The van der Waals surface area contributed by atoms with Gasteiger partial charge in [0.25, 0.3) is 0 Å². The highest BCUT2D eigenvalue weighted by Crippen LogP contribution is 2.40. The van der Waals surface area contributed by atoms with Gasteiger partial charge in [0.2, 0.25) is 0 Å². The summed E-state index contributed by atoms with van der Waals surface area (Å²) < 4.78 is 5.51. The minimum atomic E-state index is 0.548. The van der Waals surface area contributed by atoms with Crippen molar-refractivity contribution in [1.82, 2.24) is 15.1 Å². The van der Waals surface area contributed by atoms with Crippen molar-refractivity contribution in [3.63, 3.8) is 0 Å². The molecule has 1 saturated carbocycles. The molecule has 1 aromatic heterocycles. The first kappa shape index (κ1) is 18.1. The molecule has 3 heterocycles. The first-order valence-corrected chi connectivity index (χ1v) is 11.2. The Bertz CT molecular complexity index is 664. The largest absolute Gasteiger partial charge is 0.381 e. The number of hydrogen-bond donors (Lipinski definition) is 1. The zero-order valence-electron chi connectivity index (χ0n) is 16.1. The van der Waals surface area contributed by atoms with E-state index in [1.54, 1.807) is 0 Å². The lowest BCUT2D eigenvalue weighted by Gasteiger charge is -2.28. The van der Waals surface area contributed by atoms with Crippen LogP contribution in [-0.2, 0) is 17.6 Å². The van der Waals surface area contributed by atoms with Crippen LogP contribution in [0.4, 0.5) is 5.82 Å². The fourth-order valence-corrected chi connectivity index (χ4v) is 6.12. The molecule has 2 saturated heterocycles. The molecule has 1 aromatic rings. The molecular formula is C21H31ClN4O. The van der Waals surface area contributed by atoms with E-state index in [0.717, 1.165) is 49.6 Å². The number of anilines is 1. The van der Waals surface area contributed by atoms with E-state index in [9.17, 15) is 0 Å². The number of rotatable bonds is 4. The maximum atomic E-state index is 6.29. The lowest BCUT2D eigenvalue weighted by Crippen LogP contribution is -2.32. The molecule has 5 rings (SSSR count). The zero-order valence-corrected chi connectivity index (χ0v) is 16.9. The van der Waals surface area contributed by atoms with Gasteiger partial charge in [0, 0.05) is 44.5 Å². The number of hydrogen-bond acceptors (Lipinski definition) is 5. The molecule has 1 N–H and O–H groups in total. The fourth-order valence-electron chi connectivity index (χ4n) is 5.88. The lowest BCUT2D eigenvalue weighted by molar-refractivity contribution is 0.0545. The van der Waals surface area contributed by atoms with Crippen LogP contribution in [0.25, 0.3) is 0 Å². The zero-order chi connectivity index (χ0) is 18.2. The minimum absolute atomic E-state index is 0.548. The van der Waals surface area contributed by atoms with E-state index in [2.05, 4.69) is 20.4 Å². The summed E-state index contributed by atoms with van der Waals surface area (Å²) in [7, 11) is 0. The number of likely N-dealkylation sites (tertiary alicyclic amines) is 1. The number of fused-ring (bicyclic) bond motifs is 2. The highest BCUT2D eigenvalue weighted by molar-refractivity contribution is 6.30. The summed E-state index contributed by atoms with van der Waals surface area (Å²) in [5.74, 6) is 3.55. The van der Waals surface area contributed by atoms with Gasteiger partial charge in [-0.1, -0.05) is 11.6 Å². The quantitative estimate of drug-likeness (QED) is 0.851. The Morgan fingerprint density at radius 2 is 1.70 bits per heavy atom. The lowest BCUT2D eigenvalue weighted by atomic mass is 9.93. The highest BCUT2D eigenvalue weighted by atomic mass is 35.5. The van der Waals surface area contributed by atoms with Crippen LogP contribution < -0.4 is 5.32 Å². The third kappa shape index (κ3) is 3.83. The maximum Gasteiger partial charge on any atom is 0.155 e. The predicted octanol–water partition coefficient (Wildman–Crippen LogP) is 3.56. The summed E-state index contributed by atoms with van der Waals surface area (Å²) in [6, 6.07) is 0.548. The Kier molecular flexibility index (Phi) is 5.27. The van der Waals surface area contributed by atoms with Crippen LogP contribution in [-0.4, -0.2) is 54.0 Å². The maximum absolute atomic E-state index is 6.29. The molecule has 2 aliphatic carbocycles. The third-order valence-electron chi connectivity index (χ3n) is 7.27. The van der Waals surface area contributed by atoms with Crippen molar-refractivity contribution in [2.75, 3.05) is 38.2 Å². The summed E-state index contributed by atoms with van der Waals surface area (Å²) >= 11 is 6.29. The van der Waals surface area contributed by atoms with Gasteiger partial charge in [-0.15, -0.1) is 10.2 Å². The summed E-state index contributed by atoms with van der Waals surface area (Å²) in [6.45, 7) is 5.77. The molecule has 6 heteroatoms. The molecule has 5 nitrogen and oxygen atoms in total. The fraction of sp³-hybridized carbons (Fsp3) is 0.810. The molecular weight excluding hydrogens is 360 g/mol. The van der Waals surface area contributed by atoms with Crippen LogP contribution >= 0.6 is 11.6 Å². The Labute approximate surface area is 167 Å². The van der Waals surface area contributed by atoms with Crippen molar-refractivity contribution in [3.8, 4) is 0 Å². The van der Waals surface area contributed by atoms with Crippen molar-refractivity contribution in [2.45, 2.75) is 57.4 Å². The smallest absolute Gasteiger partial charge is 0.155 e. The monoisotopic (exact) mass is 390 g/mol. The number of halogens is 1. The standard InChI is InChI=1S/C21H31ClN4O/c22-20-18-3-1-2-4-19(18)21(25-24-20)23-17-9-15-12-26(13-16(15)10-17)11-14-5-7-27-8-6-14/h14-17H,1-13H2,(H,23,25)/t15-,16+,17+. The van der Waals surface area contributed by atoms with E-state index in [-0.39, 0.29) is 0 Å². The Morgan fingerprint density at radius 3 is 2.44 bits per heavy atom. The minimum Gasteiger partial charge on any atom is -0.381 e. The molecule has 0 spiro atoms. The van der Waals surface area contributed by atoms with Crippen molar-refractivity contribution in [3.05, 3.63) is 16.3 Å². The molecule has 148 valence electrons. The first-order valence-electron chi connectivity index (χ1n) is 10.9. The van der Waals surface area contributed by atoms with Gasteiger partial charge < -0.3 is 15.0 Å². The summed E-state index contributed by atoms with van der Waals surface area (Å²) in [5, 5.41) is 13.0. The predicted molar refractivity (Wildman–Crippen MR) is 107 cm³/mol. The Hall–Kier alpha value is -0.910. The number of nitrogens with one attached hydrogen (secondary N) is 1. The van der Waals surface area contributed by atoms with E-state index >= 15 is 0 Å². The molecule has 2 aliphatic heterocycles. The van der Waals surface area contributed by atoms with E-state index in [4.69, 9.17) is 16.3 Å². The SMILES string of the molecule is Clc1nnc(N[C@H]2C[C@@H]3CN(CC4CCOCC4)C[C@@H]3C2)c2c1CCCC2. The van der Waals surface area contributed by atoms with Crippen molar-refractivity contribution >= 4 is 17.4 Å². The van der Waals surface area contributed by atoms with E-state index < -0.39 is 0 Å². The van der Waals surface area contributed by atoms with E-state index in [0.29, 0.717) is 11.2 Å². The number of aromatic nitrogens is 2. The number of ether oxygens (including phenoxy) is 1. The summed E-state index contributed by atoms with van der Waals surface area (Å²) in [4.78, 5) is 2.73. The molecule has 27 heavy (non-hydrogen) atoms. The van der Waals surface area contributed by atoms with Crippen LogP contribution in [0.1, 0.15) is 49.7 Å². The molecule has 4 aliphatic rings. The van der Waals surface area contributed by atoms with Crippen LogP contribution in [0.15, 0.2) is 0 Å². The summed E-state index contributed by atoms with van der Waals surface area (Å²) in [6.07, 6.45) is 9.63. The van der Waals surface area contributed by atoms with E-state index in [1.807, 2.05) is 0 Å². The average Bonchev–Trinajstić information content (AvgIpc) is 3.23. The second-order valence-corrected chi connectivity index (χ2v) is 9.47. The van der Waals surface area contributed by atoms with Crippen LogP contribution in [0, 0.1) is 17.8 Å². The van der Waals surface area contributed by atoms with Crippen LogP contribution in [0.3, 0.4) is 0 Å². The van der Waals surface area contributed by atoms with Gasteiger partial charge in [0.05, 0.1) is 0 Å². The van der Waals surface area contributed by atoms with Gasteiger partial charge in [0.15, 0.2) is 11.0 Å². The Morgan fingerprint density at radius 1 is 1.00 bits per heavy atom. The van der Waals surface area contributed by atoms with Crippen LogP contribution in [0.5, 0.6) is 0 Å². The van der Waals surface area contributed by atoms with Gasteiger partial charge in [-0.25, -0.2) is 0 Å². The van der Waals surface area contributed by atoms with Gasteiger partial charge in [-0.2, -0.15) is 0 Å². The van der Waals surface area contributed by atoms with Gasteiger partial charge in [-0.05, 0) is 74.7 Å².